The van der Waals surface area contributed by atoms with Crippen molar-refractivity contribution >= 4 is 35.3 Å². The number of fused-ring (bicyclic) bond motifs is 1. The van der Waals surface area contributed by atoms with Crippen molar-refractivity contribution in [3.63, 3.8) is 0 Å². The Labute approximate surface area is 169 Å². The zero-order valence-corrected chi connectivity index (χ0v) is 16.6. The predicted octanol–water partition coefficient (Wildman–Crippen LogP) is 4.62. The first-order valence-corrected chi connectivity index (χ1v) is 9.36. The number of nitrogens with zero attached hydrogens (tertiary/aromatic N) is 3. The Morgan fingerprint density at radius 3 is 2.46 bits per heavy atom. The van der Waals surface area contributed by atoms with Crippen LogP contribution in [-0.4, -0.2) is 23.6 Å². The molecular weight excluding hydrogens is 374 g/mol. The maximum atomic E-state index is 13.3. The van der Waals surface area contributed by atoms with Gasteiger partial charge in [-0.3, -0.25) is 14.6 Å². The van der Waals surface area contributed by atoms with Crippen molar-refractivity contribution in [3.8, 4) is 6.07 Å². The fraction of sp³-hybridized carbons (Fsp3) is 0.273. The molecule has 142 valence electrons. The van der Waals surface area contributed by atoms with Crippen LogP contribution in [-0.2, 0) is 4.79 Å². The summed E-state index contributed by atoms with van der Waals surface area (Å²) < 4.78 is 0. The van der Waals surface area contributed by atoms with Crippen molar-refractivity contribution in [2.24, 2.45) is 10.9 Å². The van der Waals surface area contributed by atoms with E-state index in [1.165, 1.54) is 6.21 Å². The summed E-state index contributed by atoms with van der Waals surface area (Å²) >= 11 is 6.25. The molecule has 2 aromatic rings. The van der Waals surface area contributed by atoms with Gasteiger partial charge in [-0.25, -0.2) is 4.90 Å². The van der Waals surface area contributed by atoms with Crippen molar-refractivity contribution in [1.29, 1.82) is 5.26 Å². The minimum atomic E-state index is -0.966. The lowest BCUT2D eigenvalue weighted by molar-refractivity contribution is -0.118. The fourth-order valence-corrected chi connectivity index (χ4v) is 3.22. The molecule has 0 aromatic heterocycles. The van der Waals surface area contributed by atoms with Crippen LogP contribution in [0.2, 0.25) is 5.02 Å². The lowest BCUT2D eigenvalue weighted by Gasteiger charge is -2.32. The van der Waals surface area contributed by atoms with Gasteiger partial charge in [0.25, 0.3) is 5.91 Å². The number of aliphatic imine (C=N–C) groups is 1. The van der Waals surface area contributed by atoms with E-state index in [1.807, 2.05) is 13.8 Å². The molecule has 0 bridgehead atoms. The molecule has 0 saturated carbocycles. The Hall–Kier alpha value is -2.97. The summed E-state index contributed by atoms with van der Waals surface area (Å²) in [5, 5.41) is 9.83. The summed E-state index contributed by atoms with van der Waals surface area (Å²) in [5.41, 5.74) is 0.362. The average Bonchev–Trinajstić information content (AvgIpc) is 2.69. The standard InChI is InChI=1S/C22H20ClN3O2/c1-14(2)22(3,13-24)25-12-17-15-8-4-5-9-16(15)20(27)26(21(17)28)19-11-7-6-10-18(19)23/h4-12,14,17H,1-3H3/t17?,22-/m1/s1. The Bertz CT molecular complexity index is 1010. The van der Waals surface area contributed by atoms with Gasteiger partial charge in [0.2, 0.25) is 5.91 Å². The highest BCUT2D eigenvalue weighted by Gasteiger charge is 2.40. The number of imide groups is 1. The van der Waals surface area contributed by atoms with Gasteiger partial charge >= 0.3 is 0 Å². The second-order valence-electron chi connectivity index (χ2n) is 7.19. The van der Waals surface area contributed by atoms with Gasteiger partial charge in [0.05, 0.1) is 22.7 Å². The Kier molecular flexibility index (Phi) is 5.35. The largest absolute Gasteiger partial charge is 0.275 e. The molecule has 0 N–H and O–H groups in total. The van der Waals surface area contributed by atoms with Gasteiger partial charge in [-0.05, 0) is 36.6 Å². The van der Waals surface area contributed by atoms with Crippen LogP contribution >= 0.6 is 11.6 Å². The first-order chi connectivity index (χ1) is 13.3. The van der Waals surface area contributed by atoms with E-state index in [2.05, 4.69) is 11.1 Å². The van der Waals surface area contributed by atoms with Crippen LogP contribution in [0.4, 0.5) is 5.69 Å². The number of para-hydroxylation sites is 1. The summed E-state index contributed by atoms with van der Waals surface area (Å²) in [5.74, 6) is -1.68. The molecule has 6 heteroatoms. The lowest BCUT2D eigenvalue weighted by Crippen LogP contribution is -2.46. The van der Waals surface area contributed by atoms with Gasteiger partial charge in [0.1, 0.15) is 5.54 Å². The maximum Gasteiger partial charge on any atom is 0.265 e. The summed E-state index contributed by atoms with van der Waals surface area (Å²) in [6, 6.07) is 15.9. The van der Waals surface area contributed by atoms with Crippen LogP contribution in [0.25, 0.3) is 0 Å². The third-order valence-electron chi connectivity index (χ3n) is 5.15. The molecule has 0 spiro atoms. The van der Waals surface area contributed by atoms with E-state index in [0.29, 0.717) is 21.8 Å². The molecule has 0 saturated heterocycles. The molecule has 1 aliphatic rings. The van der Waals surface area contributed by atoms with E-state index in [-0.39, 0.29) is 5.92 Å². The van der Waals surface area contributed by atoms with Gasteiger partial charge in [0, 0.05) is 11.8 Å². The second kappa shape index (κ2) is 7.57. The number of amides is 2. The third-order valence-corrected chi connectivity index (χ3v) is 5.47. The van der Waals surface area contributed by atoms with Gasteiger partial charge in [-0.2, -0.15) is 5.26 Å². The quantitative estimate of drug-likeness (QED) is 0.562. The zero-order valence-electron chi connectivity index (χ0n) is 15.9. The molecule has 3 rings (SSSR count). The summed E-state index contributed by atoms with van der Waals surface area (Å²) in [6.45, 7) is 5.53. The highest BCUT2D eigenvalue weighted by Crippen LogP contribution is 2.35. The monoisotopic (exact) mass is 393 g/mol. The van der Waals surface area contributed by atoms with Crippen LogP contribution in [0, 0.1) is 17.2 Å². The number of benzene rings is 2. The third kappa shape index (κ3) is 3.32. The minimum absolute atomic E-state index is 0.0380. The SMILES string of the molecule is CC(C)[C@@](C)(C#N)N=CC1C(=O)N(c2ccccc2Cl)C(=O)c2ccccc21. The molecular formula is C22H20ClN3O2. The van der Waals surface area contributed by atoms with Gasteiger partial charge < -0.3 is 0 Å². The fourth-order valence-electron chi connectivity index (χ4n) is 3.00. The second-order valence-corrected chi connectivity index (χ2v) is 7.59. The van der Waals surface area contributed by atoms with Gasteiger partial charge in [-0.15, -0.1) is 0 Å². The van der Waals surface area contributed by atoms with Crippen LogP contribution in [0.3, 0.4) is 0 Å². The molecule has 28 heavy (non-hydrogen) atoms. The first kappa shape index (κ1) is 19.8. The molecule has 0 aliphatic carbocycles. The number of hydrogen-bond acceptors (Lipinski definition) is 4. The molecule has 5 nitrogen and oxygen atoms in total. The molecule has 2 atom stereocenters. The predicted molar refractivity (Wildman–Crippen MR) is 110 cm³/mol. The van der Waals surface area contributed by atoms with Crippen LogP contribution < -0.4 is 4.90 Å². The normalized spacial score (nSPS) is 18.9. The van der Waals surface area contributed by atoms with E-state index >= 15 is 0 Å². The minimum Gasteiger partial charge on any atom is -0.275 e. The van der Waals surface area contributed by atoms with Crippen LogP contribution in [0.15, 0.2) is 53.5 Å². The smallest absolute Gasteiger partial charge is 0.265 e. The molecule has 0 radical (unpaired) electrons. The number of carbonyl (C=O) groups excluding carboxylic acids is 2. The Morgan fingerprint density at radius 1 is 1.18 bits per heavy atom. The Morgan fingerprint density at radius 2 is 1.82 bits per heavy atom. The van der Waals surface area contributed by atoms with E-state index in [1.54, 1.807) is 55.5 Å². The molecule has 2 aromatic carbocycles. The van der Waals surface area contributed by atoms with E-state index < -0.39 is 23.3 Å². The van der Waals surface area contributed by atoms with Crippen molar-refractivity contribution in [2.75, 3.05) is 4.90 Å². The van der Waals surface area contributed by atoms with Gasteiger partial charge in [-0.1, -0.05) is 55.8 Å². The number of halogens is 1. The lowest BCUT2D eigenvalue weighted by atomic mass is 9.87. The van der Waals surface area contributed by atoms with Crippen molar-refractivity contribution in [2.45, 2.75) is 32.2 Å². The molecule has 2 amide bonds. The average molecular weight is 394 g/mol. The topological polar surface area (TPSA) is 73.5 Å². The number of rotatable bonds is 4. The number of carbonyl (C=O) groups is 2. The van der Waals surface area contributed by atoms with Crippen molar-refractivity contribution in [1.82, 2.24) is 0 Å². The van der Waals surface area contributed by atoms with E-state index in [0.717, 1.165) is 4.90 Å². The van der Waals surface area contributed by atoms with Crippen LogP contribution in [0.1, 0.15) is 42.6 Å². The maximum absolute atomic E-state index is 13.3. The highest BCUT2D eigenvalue weighted by atomic mass is 35.5. The van der Waals surface area contributed by atoms with E-state index in [4.69, 9.17) is 11.6 Å². The van der Waals surface area contributed by atoms with Crippen molar-refractivity contribution < 1.29 is 9.59 Å². The summed E-state index contributed by atoms with van der Waals surface area (Å²) in [6.07, 6.45) is 1.49. The molecule has 1 heterocycles. The van der Waals surface area contributed by atoms with Crippen LogP contribution in [0.5, 0.6) is 0 Å². The number of hydrogen-bond donors (Lipinski definition) is 0. The van der Waals surface area contributed by atoms with Crippen molar-refractivity contribution in [3.05, 3.63) is 64.7 Å². The molecule has 1 aliphatic heterocycles. The summed E-state index contributed by atoms with van der Waals surface area (Å²) in [4.78, 5) is 31.9. The number of nitriles is 1. The molecule has 0 fully saturated rings. The zero-order chi connectivity index (χ0) is 20.5. The van der Waals surface area contributed by atoms with E-state index in [9.17, 15) is 14.9 Å². The Balaban J connectivity index is 2.13. The first-order valence-electron chi connectivity index (χ1n) is 8.98. The van der Waals surface area contributed by atoms with Gasteiger partial charge in [0.15, 0.2) is 0 Å². The highest BCUT2D eigenvalue weighted by molar-refractivity contribution is 6.37. The molecule has 1 unspecified atom stereocenters. The summed E-state index contributed by atoms with van der Waals surface area (Å²) in [7, 11) is 0. The number of anilines is 1.